The Hall–Kier alpha value is -0.870. The molecule has 0 spiro atoms. The van der Waals surface area contributed by atoms with Crippen LogP contribution in [0.5, 0.6) is 11.5 Å². The van der Waals surface area contributed by atoms with Gasteiger partial charge in [-0.25, -0.2) is 0 Å². The first-order valence-electron chi connectivity index (χ1n) is 6.21. The summed E-state index contributed by atoms with van der Waals surface area (Å²) >= 11 is 1.83. The summed E-state index contributed by atoms with van der Waals surface area (Å²) in [7, 11) is 3.40. The van der Waals surface area contributed by atoms with E-state index in [4.69, 9.17) is 9.47 Å². The third kappa shape index (κ3) is 4.10. The van der Waals surface area contributed by atoms with Crippen LogP contribution in [0.15, 0.2) is 18.2 Å². The van der Waals surface area contributed by atoms with E-state index in [2.05, 4.69) is 24.6 Å². The van der Waals surface area contributed by atoms with E-state index in [1.807, 2.05) is 23.9 Å². The molecule has 1 atom stereocenters. The second-order valence-corrected chi connectivity index (χ2v) is 4.98. The summed E-state index contributed by atoms with van der Waals surface area (Å²) in [5.74, 6) is 2.80. The zero-order valence-corrected chi connectivity index (χ0v) is 12.5. The summed E-state index contributed by atoms with van der Waals surface area (Å²) < 4.78 is 10.7. The van der Waals surface area contributed by atoms with Crippen molar-refractivity contribution in [1.82, 2.24) is 5.32 Å². The number of nitrogens with one attached hydrogen (secondary N) is 1. The molecule has 0 aliphatic rings. The summed E-state index contributed by atoms with van der Waals surface area (Å²) in [6.07, 6.45) is 3.24. The lowest BCUT2D eigenvalue weighted by Crippen LogP contribution is -2.24. The molecule has 1 aromatic carbocycles. The van der Waals surface area contributed by atoms with Crippen molar-refractivity contribution >= 4 is 11.8 Å². The molecule has 18 heavy (non-hydrogen) atoms. The first-order valence-corrected chi connectivity index (χ1v) is 7.60. The number of hydrogen-bond donors (Lipinski definition) is 1. The lowest BCUT2D eigenvalue weighted by molar-refractivity contribution is 0.392. The molecule has 1 unspecified atom stereocenters. The highest BCUT2D eigenvalue weighted by Gasteiger charge is 2.16. The van der Waals surface area contributed by atoms with Crippen molar-refractivity contribution in [3.05, 3.63) is 23.8 Å². The summed E-state index contributed by atoms with van der Waals surface area (Å²) in [6, 6.07) is 6.25. The average molecular weight is 269 g/mol. The van der Waals surface area contributed by atoms with Crippen LogP contribution >= 0.6 is 11.8 Å². The third-order valence-electron chi connectivity index (χ3n) is 2.79. The molecule has 0 aliphatic carbocycles. The average Bonchev–Trinajstić information content (AvgIpc) is 2.42. The van der Waals surface area contributed by atoms with Crippen LogP contribution in [0.2, 0.25) is 0 Å². The minimum atomic E-state index is 0.296. The molecule has 0 radical (unpaired) electrons. The summed E-state index contributed by atoms with van der Waals surface area (Å²) in [5.41, 5.74) is 1.17. The van der Waals surface area contributed by atoms with E-state index in [0.29, 0.717) is 6.04 Å². The van der Waals surface area contributed by atoms with E-state index in [1.54, 1.807) is 14.2 Å². The molecule has 0 aromatic heterocycles. The van der Waals surface area contributed by atoms with Crippen LogP contribution in [0.3, 0.4) is 0 Å². The van der Waals surface area contributed by atoms with Gasteiger partial charge in [0.15, 0.2) is 0 Å². The maximum Gasteiger partial charge on any atom is 0.123 e. The smallest absolute Gasteiger partial charge is 0.123 e. The van der Waals surface area contributed by atoms with E-state index >= 15 is 0 Å². The fourth-order valence-electron chi connectivity index (χ4n) is 1.86. The summed E-state index contributed by atoms with van der Waals surface area (Å²) in [4.78, 5) is 0. The van der Waals surface area contributed by atoms with Gasteiger partial charge in [-0.3, -0.25) is 0 Å². The molecule has 0 bridgehead atoms. The number of hydrogen-bond acceptors (Lipinski definition) is 4. The Labute approximate surface area is 114 Å². The molecule has 0 saturated carbocycles. The standard InChI is InChI=1S/C14H23NO2S/c1-5-8-15-13(10-18-4)12-9-11(16-2)6-7-14(12)17-3/h6-7,9,13,15H,5,8,10H2,1-4H3. The highest BCUT2D eigenvalue weighted by Crippen LogP contribution is 2.30. The molecule has 4 heteroatoms. The second kappa shape index (κ2) is 8.27. The monoisotopic (exact) mass is 269 g/mol. The molecule has 0 saturated heterocycles. The predicted octanol–water partition coefficient (Wildman–Crippen LogP) is 3.11. The lowest BCUT2D eigenvalue weighted by Gasteiger charge is -2.21. The highest BCUT2D eigenvalue weighted by molar-refractivity contribution is 7.98. The Morgan fingerprint density at radius 3 is 2.61 bits per heavy atom. The zero-order valence-electron chi connectivity index (χ0n) is 11.7. The highest BCUT2D eigenvalue weighted by atomic mass is 32.2. The SMILES string of the molecule is CCCNC(CSC)c1cc(OC)ccc1OC. The van der Waals surface area contributed by atoms with E-state index in [1.165, 1.54) is 5.56 Å². The van der Waals surface area contributed by atoms with Gasteiger partial charge in [0.25, 0.3) is 0 Å². The first kappa shape index (κ1) is 15.2. The minimum Gasteiger partial charge on any atom is -0.497 e. The topological polar surface area (TPSA) is 30.5 Å². The Morgan fingerprint density at radius 2 is 2.06 bits per heavy atom. The van der Waals surface area contributed by atoms with Crippen LogP contribution in [0.4, 0.5) is 0 Å². The van der Waals surface area contributed by atoms with Crippen LogP contribution in [0.1, 0.15) is 24.9 Å². The quantitative estimate of drug-likeness (QED) is 0.785. The maximum absolute atomic E-state index is 5.45. The fraction of sp³-hybridized carbons (Fsp3) is 0.571. The molecule has 3 nitrogen and oxygen atoms in total. The van der Waals surface area contributed by atoms with Crippen molar-refractivity contribution < 1.29 is 9.47 Å². The number of benzene rings is 1. The molecule has 1 N–H and O–H groups in total. The molecule has 0 heterocycles. The number of ether oxygens (including phenoxy) is 2. The molecular formula is C14H23NO2S. The van der Waals surface area contributed by atoms with Gasteiger partial charge >= 0.3 is 0 Å². The van der Waals surface area contributed by atoms with Crippen molar-refractivity contribution in [3.8, 4) is 11.5 Å². The Balaban J connectivity index is 2.98. The minimum absolute atomic E-state index is 0.296. The van der Waals surface area contributed by atoms with Crippen LogP contribution in [0.25, 0.3) is 0 Å². The molecule has 0 amide bonds. The van der Waals surface area contributed by atoms with E-state index in [0.717, 1.165) is 30.2 Å². The zero-order chi connectivity index (χ0) is 13.4. The van der Waals surface area contributed by atoms with Gasteiger partial charge < -0.3 is 14.8 Å². The second-order valence-electron chi connectivity index (χ2n) is 4.07. The van der Waals surface area contributed by atoms with E-state index < -0.39 is 0 Å². The molecule has 0 fully saturated rings. The normalized spacial score (nSPS) is 12.2. The van der Waals surface area contributed by atoms with Gasteiger partial charge in [-0.2, -0.15) is 11.8 Å². The lowest BCUT2D eigenvalue weighted by atomic mass is 10.1. The predicted molar refractivity (Wildman–Crippen MR) is 79.0 cm³/mol. The molecule has 102 valence electrons. The van der Waals surface area contributed by atoms with Gasteiger partial charge in [-0.05, 0) is 37.4 Å². The van der Waals surface area contributed by atoms with Crippen molar-refractivity contribution in [2.75, 3.05) is 32.8 Å². The summed E-state index contributed by atoms with van der Waals surface area (Å²) in [6.45, 7) is 3.18. The van der Waals surface area contributed by atoms with Crippen molar-refractivity contribution in [1.29, 1.82) is 0 Å². The van der Waals surface area contributed by atoms with Crippen LogP contribution < -0.4 is 14.8 Å². The van der Waals surface area contributed by atoms with Gasteiger partial charge in [0.2, 0.25) is 0 Å². The van der Waals surface area contributed by atoms with Crippen molar-refractivity contribution in [3.63, 3.8) is 0 Å². The van der Waals surface area contributed by atoms with Gasteiger partial charge in [-0.15, -0.1) is 0 Å². The van der Waals surface area contributed by atoms with Gasteiger partial charge in [0.05, 0.1) is 14.2 Å². The van der Waals surface area contributed by atoms with Gasteiger partial charge in [-0.1, -0.05) is 6.92 Å². The Bertz CT molecular complexity index is 358. The fourth-order valence-corrected chi connectivity index (χ4v) is 2.49. The number of methoxy groups -OCH3 is 2. The largest absolute Gasteiger partial charge is 0.497 e. The van der Waals surface area contributed by atoms with Crippen LogP contribution in [-0.2, 0) is 0 Å². The Morgan fingerprint density at radius 1 is 1.28 bits per heavy atom. The summed E-state index contributed by atoms with van der Waals surface area (Å²) in [5, 5.41) is 3.56. The van der Waals surface area contributed by atoms with E-state index in [-0.39, 0.29) is 0 Å². The maximum atomic E-state index is 5.45. The third-order valence-corrected chi connectivity index (χ3v) is 3.45. The van der Waals surface area contributed by atoms with E-state index in [9.17, 15) is 0 Å². The molecule has 0 aliphatic heterocycles. The Kier molecular flexibility index (Phi) is 6.98. The molecule has 1 rings (SSSR count). The first-order chi connectivity index (χ1) is 8.76. The van der Waals surface area contributed by atoms with Crippen molar-refractivity contribution in [2.45, 2.75) is 19.4 Å². The number of thioether (sulfide) groups is 1. The van der Waals surface area contributed by atoms with Crippen LogP contribution in [-0.4, -0.2) is 32.8 Å². The van der Waals surface area contributed by atoms with Gasteiger partial charge in [0.1, 0.15) is 11.5 Å². The molecule has 1 aromatic rings. The van der Waals surface area contributed by atoms with Gasteiger partial charge in [0, 0.05) is 17.4 Å². The van der Waals surface area contributed by atoms with Crippen LogP contribution in [0, 0.1) is 0 Å². The van der Waals surface area contributed by atoms with Crippen molar-refractivity contribution in [2.24, 2.45) is 0 Å². The molecular weight excluding hydrogens is 246 g/mol. The number of rotatable bonds is 8.